The van der Waals surface area contributed by atoms with Crippen LogP contribution in [0.15, 0.2) is 24.3 Å². The van der Waals surface area contributed by atoms with Crippen LogP contribution in [0.4, 0.5) is 5.69 Å². The number of rotatable bonds is 9. The fourth-order valence-electron chi connectivity index (χ4n) is 2.03. The minimum absolute atomic E-state index is 0. The van der Waals surface area contributed by atoms with E-state index in [1.165, 1.54) is 0 Å². The highest BCUT2D eigenvalue weighted by atomic mass is 35.5. The molecule has 0 aliphatic rings. The summed E-state index contributed by atoms with van der Waals surface area (Å²) >= 11 is 0. The Morgan fingerprint density at radius 1 is 1.08 bits per heavy atom. The van der Waals surface area contributed by atoms with Crippen LogP contribution in [-0.2, 0) is 4.79 Å². The number of hydrogen-bond donors (Lipinski definition) is 3. The summed E-state index contributed by atoms with van der Waals surface area (Å²) in [5, 5.41) is 5.62. The van der Waals surface area contributed by atoms with Crippen LogP contribution in [0.2, 0.25) is 0 Å². The average Bonchev–Trinajstić information content (AvgIpc) is 2.52. The number of nitrogens with zero attached hydrogens (tertiary/aromatic N) is 1. The normalized spacial score (nSPS) is 9.67. The molecule has 0 spiro atoms. The molecule has 8 heteroatoms. The molecule has 0 radical (unpaired) electrons. The molecule has 0 aliphatic carbocycles. The number of benzene rings is 1. The molecule has 0 saturated heterocycles. The third-order valence-corrected chi connectivity index (χ3v) is 3.41. The smallest absolute Gasteiger partial charge is 0.251 e. The van der Waals surface area contributed by atoms with Crippen molar-refractivity contribution in [2.45, 2.75) is 20.3 Å². The van der Waals surface area contributed by atoms with E-state index >= 15 is 0 Å². The minimum atomic E-state index is -0.126. The molecule has 0 unspecified atom stereocenters. The van der Waals surface area contributed by atoms with Crippen LogP contribution in [0.5, 0.6) is 0 Å². The van der Waals surface area contributed by atoms with E-state index in [9.17, 15) is 9.59 Å². The van der Waals surface area contributed by atoms with E-state index in [-0.39, 0.29) is 43.0 Å². The number of likely N-dealkylation sites (N-methyl/N-ethyl adjacent to an activating group) is 1. The molecule has 0 fully saturated rings. The molecule has 4 N–H and O–H groups in total. The lowest BCUT2D eigenvalue weighted by Gasteiger charge is -2.17. The van der Waals surface area contributed by atoms with Crippen molar-refractivity contribution in [2.75, 3.05) is 38.0 Å². The molecule has 1 aromatic rings. The molecule has 2 amide bonds. The second kappa shape index (κ2) is 14.0. The van der Waals surface area contributed by atoms with Crippen molar-refractivity contribution in [2.24, 2.45) is 5.73 Å². The third-order valence-electron chi connectivity index (χ3n) is 3.41. The fraction of sp³-hybridized carbons (Fsp3) is 0.500. The Bertz CT molecular complexity index is 479. The maximum absolute atomic E-state index is 12.0. The zero-order valence-electron chi connectivity index (χ0n) is 14.2. The van der Waals surface area contributed by atoms with Gasteiger partial charge in [0, 0.05) is 37.3 Å². The summed E-state index contributed by atoms with van der Waals surface area (Å²) in [4.78, 5) is 25.7. The van der Waals surface area contributed by atoms with Crippen LogP contribution >= 0.6 is 24.8 Å². The number of anilines is 1. The molecule has 24 heavy (non-hydrogen) atoms. The molecule has 1 aromatic carbocycles. The van der Waals surface area contributed by atoms with Crippen molar-refractivity contribution in [3.05, 3.63) is 29.8 Å². The van der Waals surface area contributed by atoms with E-state index in [1.807, 2.05) is 0 Å². The summed E-state index contributed by atoms with van der Waals surface area (Å²) in [6, 6.07) is 6.83. The molecule has 1 rings (SSSR count). The van der Waals surface area contributed by atoms with Crippen LogP contribution in [0.25, 0.3) is 0 Å². The van der Waals surface area contributed by atoms with Crippen molar-refractivity contribution in [1.82, 2.24) is 10.2 Å². The molecule has 0 aromatic heterocycles. The van der Waals surface area contributed by atoms with Crippen LogP contribution in [-0.4, -0.2) is 49.4 Å². The molecule has 138 valence electrons. The number of hydrogen-bond acceptors (Lipinski definition) is 4. The van der Waals surface area contributed by atoms with Gasteiger partial charge in [0.1, 0.15) is 0 Å². The molecule has 0 heterocycles. The highest BCUT2D eigenvalue weighted by Gasteiger charge is 2.07. The van der Waals surface area contributed by atoms with Gasteiger partial charge in [-0.25, -0.2) is 0 Å². The zero-order chi connectivity index (χ0) is 16.4. The van der Waals surface area contributed by atoms with Gasteiger partial charge in [-0.2, -0.15) is 0 Å². The van der Waals surface area contributed by atoms with Crippen LogP contribution in [0.1, 0.15) is 30.6 Å². The topological polar surface area (TPSA) is 87.5 Å². The van der Waals surface area contributed by atoms with E-state index in [0.717, 1.165) is 19.6 Å². The monoisotopic (exact) mass is 378 g/mol. The molecule has 0 bridgehead atoms. The Kier molecular flexibility index (Phi) is 14.6. The van der Waals surface area contributed by atoms with Crippen molar-refractivity contribution in [3.63, 3.8) is 0 Å². The van der Waals surface area contributed by atoms with E-state index in [4.69, 9.17) is 5.73 Å². The Morgan fingerprint density at radius 2 is 1.67 bits per heavy atom. The number of nitrogens with one attached hydrogen (secondary N) is 2. The molecular weight excluding hydrogens is 351 g/mol. The summed E-state index contributed by atoms with van der Waals surface area (Å²) in [6.07, 6.45) is 0.285. The van der Waals surface area contributed by atoms with Crippen molar-refractivity contribution in [1.29, 1.82) is 0 Å². The van der Waals surface area contributed by atoms with Gasteiger partial charge in [0.25, 0.3) is 5.91 Å². The maximum atomic E-state index is 12.0. The summed E-state index contributed by atoms with van der Waals surface area (Å²) in [6.45, 7) is 7.93. The highest BCUT2D eigenvalue weighted by molar-refractivity contribution is 5.95. The summed E-state index contributed by atoms with van der Waals surface area (Å²) in [5.41, 5.74) is 6.56. The van der Waals surface area contributed by atoms with E-state index in [1.54, 1.807) is 24.3 Å². The van der Waals surface area contributed by atoms with Gasteiger partial charge in [-0.3, -0.25) is 9.59 Å². The number of carbonyl (C=O) groups excluding carboxylic acids is 2. The lowest BCUT2D eigenvalue weighted by molar-refractivity contribution is -0.116. The first kappa shape index (κ1) is 24.9. The standard InChI is InChI=1S/C16H26N4O2.2ClH/c1-3-20(4-2)12-11-18-16(22)13-5-7-14(8-6-13)19-15(21)9-10-17;;/h5-8H,3-4,9-12,17H2,1-2H3,(H,18,22)(H,19,21);2*1H. The summed E-state index contributed by atoms with van der Waals surface area (Å²) in [5.74, 6) is -0.231. The Hall–Kier alpha value is -1.34. The third kappa shape index (κ3) is 9.08. The largest absolute Gasteiger partial charge is 0.351 e. The minimum Gasteiger partial charge on any atom is -0.351 e. The SMILES string of the molecule is CCN(CC)CCNC(=O)c1ccc(NC(=O)CCN)cc1.Cl.Cl. The number of amides is 2. The molecule has 0 aliphatic heterocycles. The predicted octanol–water partition coefficient (Wildman–Crippen LogP) is 1.89. The van der Waals surface area contributed by atoms with Gasteiger partial charge in [-0.1, -0.05) is 13.8 Å². The summed E-state index contributed by atoms with van der Waals surface area (Å²) < 4.78 is 0. The highest BCUT2D eigenvalue weighted by Crippen LogP contribution is 2.09. The summed E-state index contributed by atoms with van der Waals surface area (Å²) in [7, 11) is 0. The van der Waals surface area contributed by atoms with Crippen LogP contribution in [0.3, 0.4) is 0 Å². The zero-order valence-corrected chi connectivity index (χ0v) is 15.8. The predicted molar refractivity (Wildman–Crippen MR) is 103 cm³/mol. The van der Waals surface area contributed by atoms with Crippen LogP contribution < -0.4 is 16.4 Å². The lowest BCUT2D eigenvalue weighted by Crippen LogP contribution is -2.34. The number of nitrogens with two attached hydrogens (primary N) is 1. The second-order valence-electron chi connectivity index (χ2n) is 4.95. The quantitative estimate of drug-likeness (QED) is 0.612. The first-order valence-electron chi connectivity index (χ1n) is 7.71. The Balaban J connectivity index is 0. The van der Waals surface area contributed by atoms with Crippen molar-refractivity contribution in [3.8, 4) is 0 Å². The first-order valence-corrected chi connectivity index (χ1v) is 7.71. The van der Waals surface area contributed by atoms with E-state index in [0.29, 0.717) is 24.3 Å². The van der Waals surface area contributed by atoms with Gasteiger partial charge in [0.15, 0.2) is 0 Å². The van der Waals surface area contributed by atoms with Gasteiger partial charge in [0.2, 0.25) is 5.91 Å². The number of halogens is 2. The van der Waals surface area contributed by atoms with Crippen LogP contribution in [0, 0.1) is 0 Å². The van der Waals surface area contributed by atoms with Crippen molar-refractivity contribution >= 4 is 42.3 Å². The number of carbonyl (C=O) groups is 2. The van der Waals surface area contributed by atoms with Gasteiger partial charge < -0.3 is 21.3 Å². The molecule has 0 saturated carbocycles. The fourth-order valence-corrected chi connectivity index (χ4v) is 2.03. The Labute approximate surface area is 156 Å². The molecular formula is C16H28Cl2N4O2. The van der Waals surface area contributed by atoms with Gasteiger partial charge in [-0.05, 0) is 37.4 Å². The second-order valence-corrected chi connectivity index (χ2v) is 4.95. The maximum Gasteiger partial charge on any atom is 0.251 e. The van der Waals surface area contributed by atoms with E-state index in [2.05, 4.69) is 29.4 Å². The molecule has 6 nitrogen and oxygen atoms in total. The van der Waals surface area contributed by atoms with Gasteiger partial charge in [0.05, 0.1) is 0 Å². The van der Waals surface area contributed by atoms with Gasteiger partial charge in [-0.15, -0.1) is 24.8 Å². The van der Waals surface area contributed by atoms with E-state index < -0.39 is 0 Å². The molecule has 0 atom stereocenters. The first-order chi connectivity index (χ1) is 10.6. The lowest BCUT2D eigenvalue weighted by atomic mass is 10.2. The average molecular weight is 379 g/mol. The van der Waals surface area contributed by atoms with Crippen molar-refractivity contribution < 1.29 is 9.59 Å². The Morgan fingerprint density at radius 3 is 2.17 bits per heavy atom. The van der Waals surface area contributed by atoms with Gasteiger partial charge >= 0.3 is 0 Å².